The van der Waals surface area contributed by atoms with Crippen LogP contribution in [0.5, 0.6) is 5.75 Å². The number of methoxy groups -OCH3 is 1. The van der Waals surface area contributed by atoms with Gasteiger partial charge in [0.05, 0.1) is 13.2 Å². The fourth-order valence-corrected chi connectivity index (χ4v) is 2.99. The molecule has 0 fully saturated rings. The van der Waals surface area contributed by atoms with Crippen molar-refractivity contribution < 1.29 is 19.4 Å². The summed E-state index contributed by atoms with van der Waals surface area (Å²) >= 11 is 0. The molecule has 27 heavy (non-hydrogen) atoms. The average molecular weight is 364 g/mol. The van der Waals surface area contributed by atoms with E-state index in [1.807, 2.05) is 60.7 Å². The van der Waals surface area contributed by atoms with Crippen molar-refractivity contribution in [3.8, 4) is 5.75 Å². The van der Waals surface area contributed by atoms with E-state index in [4.69, 9.17) is 0 Å². The summed E-state index contributed by atoms with van der Waals surface area (Å²) in [5.41, 5.74) is 1.42. The van der Waals surface area contributed by atoms with Crippen LogP contribution >= 0.6 is 0 Å². The Morgan fingerprint density at radius 3 is 2.44 bits per heavy atom. The van der Waals surface area contributed by atoms with Gasteiger partial charge in [-0.25, -0.2) is 4.79 Å². The molecule has 0 heterocycles. The predicted molar refractivity (Wildman–Crippen MR) is 102 cm³/mol. The van der Waals surface area contributed by atoms with Gasteiger partial charge >= 0.3 is 6.09 Å². The minimum Gasteiger partial charge on any atom is -0.508 e. The fraction of sp³-hybridized carbons (Fsp3) is 0.143. The highest BCUT2D eigenvalue weighted by atomic mass is 16.5. The summed E-state index contributed by atoms with van der Waals surface area (Å²) in [7, 11) is 1.23. The van der Waals surface area contributed by atoms with Crippen molar-refractivity contribution in [3.05, 3.63) is 77.9 Å². The molecule has 138 valence electrons. The van der Waals surface area contributed by atoms with Gasteiger partial charge in [0.1, 0.15) is 12.3 Å². The van der Waals surface area contributed by atoms with Crippen LogP contribution in [0, 0.1) is 0 Å². The molecule has 0 aliphatic heterocycles. The Labute approximate surface area is 156 Å². The molecule has 6 heteroatoms. The molecule has 1 atom stereocenters. The van der Waals surface area contributed by atoms with Crippen LogP contribution in [0.1, 0.15) is 17.2 Å². The summed E-state index contributed by atoms with van der Waals surface area (Å²) in [6.45, 7) is -0.235. The second kappa shape index (κ2) is 8.23. The number of hydrogen-bond donors (Lipinski definition) is 3. The summed E-state index contributed by atoms with van der Waals surface area (Å²) in [6, 6.07) is 19.9. The molecule has 3 N–H and O–H groups in total. The van der Waals surface area contributed by atoms with Crippen LogP contribution < -0.4 is 10.6 Å². The molecule has 6 nitrogen and oxygen atoms in total. The first kappa shape index (κ1) is 18.3. The van der Waals surface area contributed by atoms with Gasteiger partial charge in [-0.05, 0) is 22.4 Å². The van der Waals surface area contributed by atoms with Crippen molar-refractivity contribution >= 4 is 22.8 Å². The Hall–Kier alpha value is -3.54. The lowest BCUT2D eigenvalue weighted by Crippen LogP contribution is -2.39. The van der Waals surface area contributed by atoms with Crippen LogP contribution in [0.3, 0.4) is 0 Å². The number of hydrogen-bond acceptors (Lipinski definition) is 4. The predicted octanol–water partition coefficient (Wildman–Crippen LogP) is 3.11. The third kappa shape index (κ3) is 4.17. The van der Waals surface area contributed by atoms with Crippen molar-refractivity contribution in [2.24, 2.45) is 0 Å². The molecule has 0 aliphatic carbocycles. The summed E-state index contributed by atoms with van der Waals surface area (Å²) in [5.74, 6) is -0.314. The molecule has 0 saturated carbocycles. The molecule has 0 aliphatic rings. The van der Waals surface area contributed by atoms with E-state index in [1.165, 1.54) is 7.11 Å². The Balaban J connectivity index is 2.00. The van der Waals surface area contributed by atoms with Gasteiger partial charge in [-0.2, -0.15) is 0 Å². The molecule has 0 spiro atoms. The number of benzene rings is 3. The van der Waals surface area contributed by atoms with Gasteiger partial charge in [-0.15, -0.1) is 0 Å². The molecular weight excluding hydrogens is 344 g/mol. The van der Waals surface area contributed by atoms with E-state index in [0.29, 0.717) is 5.56 Å². The van der Waals surface area contributed by atoms with Crippen molar-refractivity contribution in [1.29, 1.82) is 0 Å². The zero-order valence-corrected chi connectivity index (χ0v) is 14.8. The van der Waals surface area contributed by atoms with Crippen molar-refractivity contribution in [3.63, 3.8) is 0 Å². The molecule has 3 rings (SSSR count). The van der Waals surface area contributed by atoms with Crippen LogP contribution in [-0.4, -0.2) is 30.8 Å². The maximum absolute atomic E-state index is 12.4. The van der Waals surface area contributed by atoms with Gasteiger partial charge in [0.2, 0.25) is 5.91 Å². The highest BCUT2D eigenvalue weighted by molar-refractivity contribution is 5.90. The molecular formula is C21H20N2O4. The number of ether oxygens (including phenoxy) is 1. The van der Waals surface area contributed by atoms with Gasteiger partial charge < -0.3 is 20.5 Å². The van der Waals surface area contributed by atoms with Crippen LogP contribution in [0.15, 0.2) is 66.7 Å². The Morgan fingerprint density at radius 2 is 1.70 bits per heavy atom. The number of phenolic OH excluding ortho intramolecular Hbond substituents is 1. The van der Waals surface area contributed by atoms with Crippen molar-refractivity contribution in [2.45, 2.75) is 6.04 Å². The van der Waals surface area contributed by atoms with E-state index in [9.17, 15) is 14.7 Å². The van der Waals surface area contributed by atoms with Crippen LogP contribution in [0.25, 0.3) is 10.8 Å². The molecule has 0 radical (unpaired) electrons. The van der Waals surface area contributed by atoms with E-state index in [0.717, 1.165) is 16.3 Å². The minimum absolute atomic E-state index is 0.0868. The second-order valence-electron chi connectivity index (χ2n) is 5.98. The first-order valence-electron chi connectivity index (χ1n) is 8.47. The zero-order chi connectivity index (χ0) is 19.2. The standard InChI is InChI=1S/C21H20N2O4/c1-27-21(26)22-13-18(25)23-20(15-8-3-2-4-9-15)19-16-10-6-5-7-14(16)11-12-17(19)24/h2-12,20,24H,13H2,1H3,(H,22,26)(H,23,25)/t20-/m0/s1. The monoisotopic (exact) mass is 364 g/mol. The first-order chi connectivity index (χ1) is 13.1. The molecule has 0 saturated heterocycles. The Kier molecular flexibility index (Phi) is 5.56. The van der Waals surface area contributed by atoms with Gasteiger partial charge in [-0.1, -0.05) is 60.7 Å². The quantitative estimate of drug-likeness (QED) is 0.649. The number of phenols is 1. The maximum Gasteiger partial charge on any atom is 0.407 e. The number of aromatic hydroxyl groups is 1. The molecule has 0 bridgehead atoms. The molecule has 3 aromatic carbocycles. The molecule has 3 aromatic rings. The summed E-state index contributed by atoms with van der Waals surface area (Å²) in [6.07, 6.45) is -0.686. The fourth-order valence-electron chi connectivity index (χ4n) is 2.99. The van der Waals surface area contributed by atoms with Gasteiger partial charge in [0, 0.05) is 5.56 Å². The molecule has 2 amide bonds. The van der Waals surface area contributed by atoms with E-state index < -0.39 is 18.0 Å². The lowest BCUT2D eigenvalue weighted by atomic mass is 9.92. The van der Waals surface area contributed by atoms with Crippen LogP contribution in [0.4, 0.5) is 4.79 Å². The lowest BCUT2D eigenvalue weighted by molar-refractivity contribution is -0.120. The van der Waals surface area contributed by atoms with E-state index in [-0.39, 0.29) is 12.3 Å². The normalized spacial score (nSPS) is 11.6. The van der Waals surface area contributed by atoms with Gasteiger partial charge in [-0.3, -0.25) is 4.79 Å². The largest absolute Gasteiger partial charge is 0.508 e. The van der Waals surface area contributed by atoms with Gasteiger partial charge in [0.25, 0.3) is 0 Å². The number of carbonyl (C=O) groups excluding carboxylic acids is 2. The van der Waals surface area contributed by atoms with Crippen molar-refractivity contribution in [1.82, 2.24) is 10.6 Å². The second-order valence-corrected chi connectivity index (χ2v) is 5.98. The van der Waals surface area contributed by atoms with E-state index in [2.05, 4.69) is 15.4 Å². The number of nitrogens with one attached hydrogen (secondary N) is 2. The van der Waals surface area contributed by atoms with E-state index in [1.54, 1.807) is 6.07 Å². The van der Waals surface area contributed by atoms with Gasteiger partial charge in [0.15, 0.2) is 0 Å². The highest BCUT2D eigenvalue weighted by Crippen LogP contribution is 2.35. The first-order valence-corrected chi connectivity index (χ1v) is 8.47. The van der Waals surface area contributed by atoms with Crippen LogP contribution in [0.2, 0.25) is 0 Å². The summed E-state index contributed by atoms with van der Waals surface area (Å²) in [4.78, 5) is 23.6. The number of amides is 2. The highest BCUT2D eigenvalue weighted by Gasteiger charge is 2.22. The topological polar surface area (TPSA) is 87.7 Å². The number of rotatable bonds is 5. The molecule has 0 aromatic heterocycles. The third-order valence-electron chi connectivity index (χ3n) is 4.25. The Bertz CT molecular complexity index is 957. The van der Waals surface area contributed by atoms with E-state index >= 15 is 0 Å². The Morgan fingerprint density at radius 1 is 1.00 bits per heavy atom. The SMILES string of the molecule is COC(=O)NCC(=O)N[C@@H](c1ccccc1)c1c(O)ccc2ccccc12. The number of alkyl carbamates (subject to hydrolysis) is 1. The smallest absolute Gasteiger partial charge is 0.407 e. The maximum atomic E-state index is 12.4. The third-order valence-corrected chi connectivity index (χ3v) is 4.25. The zero-order valence-electron chi connectivity index (χ0n) is 14.8. The summed E-state index contributed by atoms with van der Waals surface area (Å²) in [5, 5.41) is 17.6. The molecule has 0 unspecified atom stereocenters. The summed E-state index contributed by atoms with van der Waals surface area (Å²) < 4.78 is 4.48. The number of carbonyl (C=O) groups is 2. The average Bonchev–Trinajstić information content (AvgIpc) is 2.71. The minimum atomic E-state index is -0.686. The van der Waals surface area contributed by atoms with Crippen molar-refractivity contribution in [2.75, 3.05) is 13.7 Å². The van der Waals surface area contributed by atoms with Crippen LogP contribution in [-0.2, 0) is 9.53 Å². The lowest BCUT2D eigenvalue weighted by Gasteiger charge is -2.22. The number of fused-ring (bicyclic) bond motifs is 1.